The fourth-order valence-corrected chi connectivity index (χ4v) is 4.17. The number of amides is 4. The van der Waals surface area contributed by atoms with Gasteiger partial charge in [-0.25, -0.2) is 4.79 Å². The number of hydrogen-bond donors (Lipinski definition) is 3. The lowest BCUT2D eigenvalue weighted by atomic mass is 9.89. The second-order valence-electron chi connectivity index (χ2n) is 6.82. The molecule has 12 heteroatoms. The molecule has 3 N–H and O–H groups in total. The van der Waals surface area contributed by atoms with Crippen molar-refractivity contribution in [3.63, 3.8) is 0 Å². The molecule has 0 radical (unpaired) electrons. The quantitative estimate of drug-likeness (QED) is 0.442. The van der Waals surface area contributed by atoms with Gasteiger partial charge in [0, 0.05) is 12.5 Å². The Morgan fingerprint density at radius 2 is 1.69 bits per heavy atom. The SMILES string of the molecule is O=C(NNC(=O)[C@H]1CC[C@H]2CN1C(=O)N2OS(=O)(=O)O)C1CCCCC1. The van der Waals surface area contributed by atoms with E-state index >= 15 is 0 Å². The third kappa shape index (κ3) is 4.07. The molecule has 146 valence electrons. The predicted octanol–water partition coefficient (Wildman–Crippen LogP) is -0.283. The summed E-state index contributed by atoms with van der Waals surface area (Å²) in [5.74, 6) is -0.905. The maximum absolute atomic E-state index is 12.4. The molecule has 3 fully saturated rings. The Hall–Kier alpha value is -1.92. The first-order valence-corrected chi connectivity index (χ1v) is 9.99. The lowest BCUT2D eigenvalue weighted by molar-refractivity contribution is -0.134. The first kappa shape index (κ1) is 18.9. The highest BCUT2D eigenvalue weighted by molar-refractivity contribution is 7.80. The fourth-order valence-electron chi connectivity index (χ4n) is 3.78. The second kappa shape index (κ2) is 7.37. The van der Waals surface area contributed by atoms with E-state index in [1.807, 2.05) is 0 Å². The maximum Gasteiger partial charge on any atom is 0.418 e. The van der Waals surface area contributed by atoms with E-state index in [9.17, 15) is 22.8 Å². The van der Waals surface area contributed by atoms with Crippen LogP contribution in [0.3, 0.4) is 0 Å². The van der Waals surface area contributed by atoms with Crippen LogP contribution in [0.15, 0.2) is 0 Å². The van der Waals surface area contributed by atoms with Crippen LogP contribution >= 0.6 is 0 Å². The molecule has 26 heavy (non-hydrogen) atoms. The Bertz CT molecular complexity index is 691. The normalized spacial score (nSPS) is 26.7. The molecule has 11 nitrogen and oxygen atoms in total. The minimum absolute atomic E-state index is 0.100. The Labute approximate surface area is 150 Å². The minimum atomic E-state index is -4.83. The smallest absolute Gasteiger partial charge is 0.309 e. The van der Waals surface area contributed by atoms with Gasteiger partial charge in [-0.3, -0.25) is 25.0 Å². The molecule has 2 bridgehead atoms. The standard InChI is InChI=1S/C14H22N4O7S/c19-12(9-4-2-1-3-5-9)15-16-13(20)11-7-6-10-8-17(11)14(21)18(10)25-26(22,23)24/h9-11H,1-8H2,(H,15,19)(H,16,20)(H,22,23,24)/t10-,11+/m0/s1. The van der Waals surface area contributed by atoms with Crippen molar-refractivity contribution in [3.8, 4) is 0 Å². The maximum atomic E-state index is 12.4. The molecule has 3 rings (SSSR count). The third-order valence-electron chi connectivity index (χ3n) is 5.08. The molecule has 0 spiro atoms. The van der Waals surface area contributed by atoms with Crippen molar-refractivity contribution in [1.82, 2.24) is 20.8 Å². The highest BCUT2D eigenvalue weighted by Gasteiger charge is 2.49. The van der Waals surface area contributed by atoms with Crippen LogP contribution in [0.1, 0.15) is 44.9 Å². The van der Waals surface area contributed by atoms with Gasteiger partial charge >= 0.3 is 16.4 Å². The van der Waals surface area contributed by atoms with E-state index in [0.29, 0.717) is 11.5 Å². The molecule has 1 saturated carbocycles. The largest absolute Gasteiger partial charge is 0.418 e. The summed E-state index contributed by atoms with van der Waals surface area (Å²) in [6, 6.07) is -2.23. The summed E-state index contributed by atoms with van der Waals surface area (Å²) in [6.07, 6.45) is 5.28. The molecule has 2 aliphatic heterocycles. The van der Waals surface area contributed by atoms with Gasteiger partial charge in [-0.2, -0.15) is 13.5 Å². The van der Waals surface area contributed by atoms with Gasteiger partial charge in [-0.05, 0) is 25.7 Å². The Morgan fingerprint density at radius 1 is 1.04 bits per heavy atom. The highest BCUT2D eigenvalue weighted by atomic mass is 32.3. The number of rotatable bonds is 4. The Kier molecular flexibility index (Phi) is 5.34. The van der Waals surface area contributed by atoms with Crippen LogP contribution in [0, 0.1) is 5.92 Å². The van der Waals surface area contributed by atoms with Gasteiger partial charge in [0.05, 0.1) is 6.04 Å². The van der Waals surface area contributed by atoms with Crippen molar-refractivity contribution in [2.75, 3.05) is 6.54 Å². The number of fused-ring (bicyclic) bond motifs is 2. The van der Waals surface area contributed by atoms with Crippen LogP contribution in [-0.2, 0) is 24.3 Å². The number of piperidine rings is 1. The predicted molar refractivity (Wildman–Crippen MR) is 86.2 cm³/mol. The van der Waals surface area contributed by atoms with E-state index in [1.54, 1.807) is 0 Å². The number of urea groups is 1. The zero-order valence-electron chi connectivity index (χ0n) is 14.1. The van der Waals surface area contributed by atoms with Crippen LogP contribution in [-0.4, -0.2) is 59.4 Å². The fraction of sp³-hybridized carbons (Fsp3) is 0.786. The summed E-state index contributed by atoms with van der Waals surface area (Å²) >= 11 is 0. The van der Waals surface area contributed by atoms with Crippen molar-refractivity contribution < 1.29 is 31.6 Å². The highest BCUT2D eigenvalue weighted by Crippen LogP contribution is 2.30. The summed E-state index contributed by atoms with van der Waals surface area (Å²) in [5.41, 5.74) is 4.77. The number of carbonyl (C=O) groups excluding carboxylic acids is 3. The summed E-state index contributed by atoms with van der Waals surface area (Å²) < 4.78 is 34.8. The third-order valence-corrected chi connectivity index (χ3v) is 5.43. The van der Waals surface area contributed by atoms with Gasteiger partial charge in [-0.1, -0.05) is 19.3 Å². The molecule has 0 aromatic rings. The van der Waals surface area contributed by atoms with Crippen molar-refractivity contribution in [1.29, 1.82) is 0 Å². The molecule has 0 unspecified atom stereocenters. The average molecular weight is 390 g/mol. The van der Waals surface area contributed by atoms with Crippen molar-refractivity contribution >= 4 is 28.2 Å². The Morgan fingerprint density at radius 3 is 2.35 bits per heavy atom. The van der Waals surface area contributed by atoms with Crippen LogP contribution in [0.4, 0.5) is 4.79 Å². The summed E-state index contributed by atoms with van der Waals surface area (Å²) in [7, 11) is -4.83. The zero-order chi connectivity index (χ0) is 18.9. The molecular formula is C14H22N4O7S. The molecule has 0 aromatic carbocycles. The molecule has 2 heterocycles. The van der Waals surface area contributed by atoms with Gasteiger partial charge in [-0.15, -0.1) is 4.28 Å². The van der Waals surface area contributed by atoms with Crippen LogP contribution in [0.2, 0.25) is 0 Å². The number of hydroxylamine groups is 2. The topological polar surface area (TPSA) is 145 Å². The molecule has 0 aromatic heterocycles. The van der Waals surface area contributed by atoms with E-state index in [0.717, 1.165) is 32.1 Å². The van der Waals surface area contributed by atoms with Gasteiger partial charge < -0.3 is 4.90 Å². The second-order valence-corrected chi connectivity index (χ2v) is 7.83. The van der Waals surface area contributed by atoms with E-state index in [4.69, 9.17) is 4.55 Å². The van der Waals surface area contributed by atoms with Gasteiger partial charge in [0.25, 0.3) is 5.91 Å². The van der Waals surface area contributed by atoms with Crippen molar-refractivity contribution in [2.24, 2.45) is 5.92 Å². The molecule has 2 atom stereocenters. The van der Waals surface area contributed by atoms with Crippen LogP contribution < -0.4 is 10.9 Å². The number of carbonyl (C=O) groups is 3. The minimum Gasteiger partial charge on any atom is -0.309 e. The number of hydrazine groups is 1. The van der Waals surface area contributed by atoms with Gasteiger partial charge in [0.15, 0.2) is 0 Å². The monoisotopic (exact) mass is 390 g/mol. The van der Waals surface area contributed by atoms with E-state index in [2.05, 4.69) is 15.1 Å². The van der Waals surface area contributed by atoms with Crippen LogP contribution in [0.25, 0.3) is 0 Å². The van der Waals surface area contributed by atoms with Gasteiger partial charge in [0.2, 0.25) is 5.91 Å². The number of hydrogen-bond acceptors (Lipinski definition) is 6. The molecule has 2 saturated heterocycles. The lowest BCUT2D eigenvalue weighted by Gasteiger charge is -2.29. The van der Waals surface area contributed by atoms with Crippen molar-refractivity contribution in [2.45, 2.75) is 57.0 Å². The molecule has 3 aliphatic rings. The zero-order valence-corrected chi connectivity index (χ0v) is 14.9. The molecule has 4 amide bonds. The van der Waals surface area contributed by atoms with E-state index in [-0.39, 0.29) is 24.8 Å². The Balaban J connectivity index is 1.56. The van der Waals surface area contributed by atoms with Crippen molar-refractivity contribution in [3.05, 3.63) is 0 Å². The summed E-state index contributed by atoms with van der Waals surface area (Å²) in [5, 5.41) is 0.573. The van der Waals surface area contributed by atoms with Gasteiger partial charge in [0.1, 0.15) is 6.04 Å². The van der Waals surface area contributed by atoms with Crippen LogP contribution in [0.5, 0.6) is 0 Å². The van der Waals surface area contributed by atoms with E-state index < -0.39 is 34.4 Å². The average Bonchev–Trinajstić information content (AvgIpc) is 2.84. The summed E-state index contributed by atoms with van der Waals surface area (Å²) in [6.45, 7) is 0.100. The van der Waals surface area contributed by atoms with E-state index in [1.165, 1.54) is 4.90 Å². The first-order chi connectivity index (χ1) is 12.3. The number of nitrogens with zero attached hydrogens (tertiary/aromatic N) is 2. The molecule has 1 aliphatic carbocycles. The first-order valence-electron chi connectivity index (χ1n) is 8.63. The lowest BCUT2D eigenvalue weighted by Crippen LogP contribution is -2.55. The number of nitrogens with one attached hydrogen (secondary N) is 2. The summed E-state index contributed by atoms with van der Waals surface area (Å²) in [4.78, 5) is 37.9. The molecular weight excluding hydrogens is 368 g/mol.